The number of carbonyl (C=O) groups excluding carboxylic acids is 1. The lowest BCUT2D eigenvalue weighted by molar-refractivity contribution is 0.102. The fourth-order valence-corrected chi connectivity index (χ4v) is 4.64. The zero-order valence-corrected chi connectivity index (χ0v) is 18.3. The van der Waals surface area contributed by atoms with E-state index in [2.05, 4.69) is 43.1 Å². The first-order valence-electron chi connectivity index (χ1n) is 10.0. The van der Waals surface area contributed by atoms with Gasteiger partial charge in [0.2, 0.25) is 5.13 Å². The Morgan fingerprint density at radius 3 is 2.37 bits per heavy atom. The zero-order valence-electron chi connectivity index (χ0n) is 17.5. The molecular weight excluding hydrogens is 397 g/mol. The van der Waals surface area contributed by atoms with Crippen LogP contribution in [-0.2, 0) is 0 Å². The van der Waals surface area contributed by atoms with Crippen molar-refractivity contribution < 1.29 is 9.18 Å². The molecule has 4 nitrogen and oxygen atoms in total. The monoisotopic (exact) mass is 421 g/mol. The van der Waals surface area contributed by atoms with Crippen LogP contribution in [0.5, 0.6) is 0 Å². The van der Waals surface area contributed by atoms with Crippen molar-refractivity contribution in [2.75, 3.05) is 5.01 Å². The number of aromatic nitrogens is 1. The summed E-state index contributed by atoms with van der Waals surface area (Å²) in [7, 11) is 0. The van der Waals surface area contributed by atoms with Gasteiger partial charge in [-0.3, -0.25) is 4.79 Å². The Kier molecular flexibility index (Phi) is 5.52. The Morgan fingerprint density at radius 2 is 1.80 bits per heavy atom. The average Bonchev–Trinajstić information content (AvgIpc) is 3.32. The molecule has 0 saturated heterocycles. The molecule has 0 N–H and O–H groups in total. The normalized spacial score (nSPS) is 16.3. The van der Waals surface area contributed by atoms with E-state index in [1.54, 1.807) is 19.1 Å². The topological polar surface area (TPSA) is 45.6 Å². The minimum atomic E-state index is -0.267. The molecule has 2 aromatic carbocycles. The van der Waals surface area contributed by atoms with Crippen LogP contribution in [0.25, 0.3) is 0 Å². The molecule has 30 heavy (non-hydrogen) atoms. The minimum Gasteiger partial charge on any atom is -0.294 e. The van der Waals surface area contributed by atoms with Crippen LogP contribution < -0.4 is 5.01 Å². The second kappa shape index (κ2) is 8.11. The number of anilines is 1. The van der Waals surface area contributed by atoms with Gasteiger partial charge in [-0.15, -0.1) is 0 Å². The Balaban J connectivity index is 1.75. The van der Waals surface area contributed by atoms with Crippen molar-refractivity contribution in [3.63, 3.8) is 0 Å². The molecule has 2 heterocycles. The van der Waals surface area contributed by atoms with Crippen molar-refractivity contribution in [2.24, 2.45) is 5.10 Å². The number of aryl methyl sites for hydroxylation is 1. The summed E-state index contributed by atoms with van der Waals surface area (Å²) < 4.78 is 13.4. The molecule has 4 rings (SSSR count). The Bertz CT molecular complexity index is 1100. The number of halogens is 1. The van der Waals surface area contributed by atoms with Gasteiger partial charge < -0.3 is 0 Å². The maximum atomic E-state index is 13.4. The van der Waals surface area contributed by atoms with Crippen LogP contribution >= 0.6 is 11.3 Å². The molecule has 0 saturated carbocycles. The van der Waals surface area contributed by atoms with Gasteiger partial charge in [0.15, 0.2) is 5.78 Å². The standard InChI is InChI=1S/C24H24FN3OS/c1-14(2)17-5-7-19(8-6-17)22-13-21(18-9-11-20(25)12-10-18)27-28(22)24-26-15(3)23(30-24)16(4)29/h5-12,14,22H,13H2,1-4H3/t22-/m1/s1. The van der Waals surface area contributed by atoms with Gasteiger partial charge in [0.25, 0.3) is 0 Å². The van der Waals surface area contributed by atoms with Crippen LogP contribution in [0.15, 0.2) is 53.6 Å². The van der Waals surface area contributed by atoms with Crippen molar-refractivity contribution in [2.45, 2.75) is 46.1 Å². The summed E-state index contributed by atoms with van der Waals surface area (Å²) in [6, 6.07) is 15.0. The van der Waals surface area contributed by atoms with Crippen molar-refractivity contribution in [1.29, 1.82) is 0 Å². The average molecular weight is 422 g/mol. The van der Waals surface area contributed by atoms with Gasteiger partial charge in [-0.25, -0.2) is 14.4 Å². The molecule has 0 radical (unpaired) electrons. The van der Waals surface area contributed by atoms with E-state index < -0.39 is 0 Å². The minimum absolute atomic E-state index is 0.0102. The van der Waals surface area contributed by atoms with Crippen molar-refractivity contribution >= 4 is 28.0 Å². The molecule has 0 fully saturated rings. The first-order valence-corrected chi connectivity index (χ1v) is 10.9. The molecule has 0 amide bonds. The Labute approximate surface area is 180 Å². The number of ketones is 1. The number of hydrogen-bond donors (Lipinski definition) is 0. The maximum Gasteiger partial charge on any atom is 0.207 e. The molecule has 1 atom stereocenters. The van der Waals surface area contributed by atoms with Gasteiger partial charge in [0, 0.05) is 13.3 Å². The number of benzene rings is 2. The van der Waals surface area contributed by atoms with Gasteiger partial charge in [-0.2, -0.15) is 5.10 Å². The van der Waals surface area contributed by atoms with Gasteiger partial charge in [-0.05, 0) is 41.7 Å². The van der Waals surface area contributed by atoms with Crippen molar-refractivity contribution in [3.05, 3.63) is 81.6 Å². The van der Waals surface area contributed by atoms with E-state index in [9.17, 15) is 9.18 Å². The van der Waals surface area contributed by atoms with E-state index in [-0.39, 0.29) is 17.6 Å². The van der Waals surface area contributed by atoms with E-state index >= 15 is 0 Å². The second-order valence-electron chi connectivity index (χ2n) is 7.91. The van der Waals surface area contributed by atoms with Gasteiger partial charge in [0.05, 0.1) is 22.3 Å². The summed E-state index contributed by atoms with van der Waals surface area (Å²) in [5.74, 6) is 0.206. The lowest BCUT2D eigenvalue weighted by atomic mass is 9.95. The predicted molar refractivity (Wildman–Crippen MR) is 120 cm³/mol. The lowest BCUT2D eigenvalue weighted by Gasteiger charge is -2.21. The summed E-state index contributed by atoms with van der Waals surface area (Å²) >= 11 is 1.37. The van der Waals surface area contributed by atoms with E-state index in [0.29, 0.717) is 22.3 Å². The number of carbonyl (C=O) groups is 1. The molecule has 1 aromatic heterocycles. The summed E-state index contributed by atoms with van der Waals surface area (Å²) in [5, 5.41) is 7.46. The molecule has 1 aliphatic heterocycles. The maximum absolute atomic E-state index is 13.4. The SMILES string of the molecule is CC(=O)c1sc(N2N=C(c3ccc(F)cc3)C[C@@H]2c2ccc(C(C)C)cc2)nc1C. The Morgan fingerprint density at radius 1 is 1.13 bits per heavy atom. The van der Waals surface area contributed by atoms with Gasteiger partial charge >= 0.3 is 0 Å². The van der Waals surface area contributed by atoms with Gasteiger partial charge in [-0.1, -0.05) is 61.6 Å². The van der Waals surface area contributed by atoms with E-state index in [4.69, 9.17) is 5.10 Å². The number of rotatable bonds is 5. The fourth-order valence-electron chi connectivity index (χ4n) is 3.67. The molecule has 154 valence electrons. The predicted octanol–water partition coefficient (Wildman–Crippen LogP) is 6.27. The van der Waals surface area contributed by atoms with E-state index in [1.165, 1.54) is 29.0 Å². The molecule has 0 spiro atoms. The first-order chi connectivity index (χ1) is 14.3. The van der Waals surface area contributed by atoms with Crippen molar-refractivity contribution in [3.8, 4) is 0 Å². The summed E-state index contributed by atoms with van der Waals surface area (Å²) in [6.07, 6.45) is 0.681. The summed E-state index contributed by atoms with van der Waals surface area (Å²) in [6.45, 7) is 7.76. The second-order valence-corrected chi connectivity index (χ2v) is 8.88. The molecule has 6 heteroatoms. The van der Waals surface area contributed by atoms with E-state index in [1.807, 2.05) is 11.9 Å². The molecule has 0 bridgehead atoms. The first kappa shape index (κ1) is 20.4. The van der Waals surface area contributed by atoms with Crippen LogP contribution in [0.2, 0.25) is 0 Å². The molecular formula is C24H24FN3OS. The summed E-state index contributed by atoms with van der Waals surface area (Å²) in [5.41, 5.74) is 4.92. The highest BCUT2D eigenvalue weighted by Gasteiger charge is 2.32. The number of hydrogen-bond acceptors (Lipinski definition) is 5. The van der Waals surface area contributed by atoms with Crippen LogP contribution in [0.3, 0.4) is 0 Å². The summed E-state index contributed by atoms with van der Waals surface area (Å²) in [4.78, 5) is 17.2. The lowest BCUT2D eigenvalue weighted by Crippen LogP contribution is -2.18. The molecule has 1 aliphatic rings. The zero-order chi connectivity index (χ0) is 21.4. The third kappa shape index (κ3) is 3.92. The highest BCUT2D eigenvalue weighted by Crippen LogP contribution is 2.39. The highest BCUT2D eigenvalue weighted by atomic mass is 32.1. The highest BCUT2D eigenvalue weighted by molar-refractivity contribution is 7.17. The smallest absolute Gasteiger partial charge is 0.207 e. The quantitative estimate of drug-likeness (QED) is 0.456. The molecule has 3 aromatic rings. The molecule has 0 unspecified atom stereocenters. The van der Waals surface area contributed by atoms with Crippen LogP contribution in [0.1, 0.15) is 71.2 Å². The van der Waals surface area contributed by atoms with E-state index in [0.717, 1.165) is 22.5 Å². The van der Waals surface area contributed by atoms with Gasteiger partial charge in [0.1, 0.15) is 5.82 Å². The van der Waals surface area contributed by atoms with Crippen LogP contribution in [0.4, 0.5) is 9.52 Å². The third-order valence-electron chi connectivity index (χ3n) is 5.38. The van der Waals surface area contributed by atoms with Crippen LogP contribution in [-0.4, -0.2) is 16.5 Å². The fraction of sp³-hybridized carbons (Fsp3) is 0.292. The third-order valence-corrected chi connectivity index (χ3v) is 6.62. The van der Waals surface area contributed by atoms with Crippen molar-refractivity contribution in [1.82, 2.24) is 4.98 Å². The number of hydrazone groups is 1. The number of thiazole rings is 1. The number of Topliss-reactive ketones (excluding diaryl/α,β-unsaturated/α-hetero) is 1. The van der Waals surface area contributed by atoms with Crippen LogP contribution in [0, 0.1) is 12.7 Å². The number of nitrogens with zero attached hydrogens (tertiary/aromatic N) is 3. The molecule has 0 aliphatic carbocycles. The Hall–Kier alpha value is -2.86. The largest absolute Gasteiger partial charge is 0.294 e.